The zero-order valence-corrected chi connectivity index (χ0v) is 26.1. The average Bonchev–Trinajstić information content (AvgIpc) is 3.24. The number of hydrogen-bond acceptors (Lipinski definition) is 6. The highest BCUT2D eigenvalue weighted by Crippen LogP contribution is 2.42. The standard InChI is InChI=1S/C34H40N8O2/c1-18-30(19(2)40(4)38-18)36-24-8-6-7-21-14-27(41(31(21)24)16-20-9-10-20)33-37-25-13-23(15-28(44-5)32(25)39(33)3)34(43)42-17-22-11-12-26(42)29(22)35/h6-8,13-15,20,22,26,29,36H,9-12,16-17,35H2,1-5H3/t22?,26?,29-/m1/s1. The summed E-state index contributed by atoms with van der Waals surface area (Å²) in [7, 11) is 5.67. The lowest BCUT2D eigenvalue weighted by Crippen LogP contribution is -2.41. The number of rotatable bonds is 7. The van der Waals surface area contributed by atoms with E-state index in [-0.39, 0.29) is 18.0 Å². The lowest BCUT2D eigenvalue weighted by atomic mass is 10.1. The van der Waals surface area contributed by atoms with Crippen LogP contribution in [0.2, 0.25) is 0 Å². The van der Waals surface area contributed by atoms with E-state index in [1.165, 1.54) is 12.8 Å². The number of likely N-dealkylation sites (tertiary alicyclic amines) is 1. The number of aromatic nitrogens is 5. The van der Waals surface area contributed by atoms with E-state index in [4.69, 9.17) is 15.5 Å². The first-order chi connectivity index (χ1) is 21.2. The number of hydrogen-bond donors (Lipinski definition) is 2. The first-order valence-electron chi connectivity index (χ1n) is 15.7. The molecule has 1 saturated heterocycles. The molecule has 2 bridgehead atoms. The molecular formula is C34H40N8O2. The predicted octanol–water partition coefficient (Wildman–Crippen LogP) is 5.27. The molecule has 4 heterocycles. The number of benzene rings is 2. The van der Waals surface area contributed by atoms with E-state index < -0.39 is 0 Å². The Balaban J connectivity index is 1.25. The van der Waals surface area contributed by atoms with Crippen LogP contribution >= 0.6 is 0 Å². The van der Waals surface area contributed by atoms with E-state index in [1.807, 2.05) is 42.7 Å². The van der Waals surface area contributed by atoms with Gasteiger partial charge in [0.1, 0.15) is 11.3 Å². The van der Waals surface area contributed by atoms with Gasteiger partial charge in [-0.15, -0.1) is 0 Å². The summed E-state index contributed by atoms with van der Waals surface area (Å²) < 4.78 is 12.3. The maximum absolute atomic E-state index is 13.8. The molecular weight excluding hydrogens is 552 g/mol. The van der Waals surface area contributed by atoms with E-state index in [0.29, 0.717) is 23.1 Å². The summed E-state index contributed by atoms with van der Waals surface area (Å²) in [6.07, 6.45) is 4.56. The molecule has 3 aliphatic rings. The molecule has 2 aromatic carbocycles. The molecule has 10 heteroatoms. The molecule has 0 spiro atoms. The molecule has 1 aliphatic heterocycles. The van der Waals surface area contributed by atoms with Gasteiger partial charge >= 0.3 is 0 Å². The summed E-state index contributed by atoms with van der Waals surface area (Å²) in [5, 5.41) is 9.50. The number of imidazole rings is 1. The van der Waals surface area contributed by atoms with Crippen LogP contribution in [0.15, 0.2) is 36.4 Å². The van der Waals surface area contributed by atoms with Crippen molar-refractivity contribution in [3.05, 3.63) is 53.3 Å². The fourth-order valence-corrected chi connectivity index (χ4v) is 7.71. The van der Waals surface area contributed by atoms with Gasteiger partial charge in [0.25, 0.3) is 5.91 Å². The fourth-order valence-electron chi connectivity index (χ4n) is 7.71. The van der Waals surface area contributed by atoms with Gasteiger partial charge in [0.05, 0.1) is 46.6 Å². The zero-order chi connectivity index (χ0) is 30.4. The Morgan fingerprint density at radius 3 is 2.57 bits per heavy atom. The van der Waals surface area contributed by atoms with Gasteiger partial charge in [0.15, 0.2) is 5.82 Å². The monoisotopic (exact) mass is 592 g/mol. The van der Waals surface area contributed by atoms with Crippen LogP contribution in [-0.2, 0) is 20.6 Å². The Morgan fingerprint density at radius 1 is 1.09 bits per heavy atom. The summed E-state index contributed by atoms with van der Waals surface area (Å²) in [5.41, 5.74) is 15.0. The number of methoxy groups -OCH3 is 1. The number of carbonyl (C=O) groups excluding carboxylic acids is 1. The zero-order valence-electron chi connectivity index (χ0n) is 26.1. The number of aryl methyl sites for hydroxylation is 3. The minimum absolute atomic E-state index is 0.0135. The highest BCUT2D eigenvalue weighted by Gasteiger charge is 2.47. The molecule has 5 aromatic rings. The van der Waals surface area contributed by atoms with Crippen LogP contribution in [0.5, 0.6) is 5.75 Å². The summed E-state index contributed by atoms with van der Waals surface area (Å²) in [6.45, 7) is 5.78. The van der Waals surface area contributed by atoms with Gasteiger partial charge in [0.2, 0.25) is 0 Å². The first-order valence-corrected chi connectivity index (χ1v) is 15.7. The lowest BCUT2D eigenvalue weighted by Gasteiger charge is -2.27. The Labute approximate surface area is 256 Å². The fraction of sp³-hybridized carbons (Fsp3) is 0.441. The van der Waals surface area contributed by atoms with Gasteiger partial charge in [-0.25, -0.2) is 4.98 Å². The summed E-state index contributed by atoms with van der Waals surface area (Å²) in [6, 6.07) is 12.7. The lowest BCUT2D eigenvalue weighted by molar-refractivity contribution is 0.0700. The molecule has 0 radical (unpaired) electrons. The molecule has 1 amide bonds. The van der Waals surface area contributed by atoms with E-state index >= 15 is 0 Å². The third-order valence-electron chi connectivity index (χ3n) is 10.4. The van der Waals surface area contributed by atoms with Crippen molar-refractivity contribution in [1.29, 1.82) is 0 Å². The molecule has 2 saturated carbocycles. The second-order valence-electron chi connectivity index (χ2n) is 13.1. The average molecular weight is 593 g/mol. The van der Waals surface area contributed by atoms with E-state index in [1.54, 1.807) is 7.11 Å². The summed E-state index contributed by atoms with van der Waals surface area (Å²) in [4.78, 5) is 20.9. The number of nitrogens with zero attached hydrogens (tertiary/aromatic N) is 6. The Kier molecular flexibility index (Phi) is 6.10. The number of piperidine rings is 1. The smallest absolute Gasteiger partial charge is 0.254 e. The molecule has 3 N–H and O–H groups in total. The summed E-state index contributed by atoms with van der Waals surface area (Å²) >= 11 is 0. The normalized spacial score (nSPS) is 21.2. The second-order valence-corrected chi connectivity index (χ2v) is 13.1. The largest absolute Gasteiger partial charge is 0.494 e. The molecule has 2 unspecified atom stereocenters. The van der Waals surface area contributed by atoms with Gasteiger partial charge in [-0.2, -0.15) is 5.10 Å². The van der Waals surface area contributed by atoms with Gasteiger partial charge in [-0.3, -0.25) is 9.48 Å². The number of ether oxygens (including phenoxy) is 1. The van der Waals surface area contributed by atoms with Crippen molar-refractivity contribution < 1.29 is 9.53 Å². The highest BCUT2D eigenvalue weighted by atomic mass is 16.5. The quantitative estimate of drug-likeness (QED) is 0.267. The number of amides is 1. The Hall–Kier alpha value is -4.31. The van der Waals surface area contributed by atoms with Crippen LogP contribution < -0.4 is 15.8 Å². The van der Waals surface area contributed by atoms with Crippen LogP contribution in [0.3, 0.4) is 0 Å². The molecule has 3 atom stereocenters. The Morgan fingerprint density at radius 2 is 1.91 bits per heavy atom. The van der Waals surface area contributed by atoms with Crippen molar-refractivity contribution in [2.45, 2.75) is 58.2 Å². The number of para-hydroxylation sites is 1. The molecule has 2 aliphatic carbocycles. The minimum atomic E-state index is 0.0135. The number of fused-ring (bicyclic) bond motifs is 4. The maximum Gasteiger partial charge on any atom is 0.254 e. The third kappa shape index (κ3) is 4.07. The van der Waals surface area contributed by atoms with Crippen LogP contribution in [0.1, 0.15) is 47.4 Å². The van der Waals surface area contributed by atoms with Crippen molar-refractivity contribution in [2.24, 2.45) is 31.7 Å². The van der Waals surface area contributed by atoms with Crippen molar-refractivity contribution in [1.82, 2.24) is 28.8 Å². The molecule has 44 heavy (non-hydrogen) atoms. The molecule has 8 rings (SSSR count). The van der Waals surface area contributed by atoms with Crippen LogP contribution in [0.25, 0.3) is 33.5 Å². The maximum atomic E-state index is 13.8. The van der Waals surface area contributed by atoms with Gasteiger partial charge in [-0.05, 0) is 75.6 Å². The number of nitrogens with two attached hydrogens (primary N) is 1. The van der Waals surface area contributed by atoms with Gasteiger partial charge in [-0.1, -0.05) is 12.1 Å². The number of nitrogens with one attached hydrogen (secondary N) is 1. The third-order valence-corrected chi connectivity index (χ3v) is 10.4. The minimum Gasteiger partial charge on any atom is -0.494 e. The number of carbonyl (C=O) groups is 1. The molecule has 10 nitrogen and oxygen atoms in total. The van der Waals surface area contributed by atoms with Crippen molar-refractivity contribution in [3.63, 3.8) is 0 Å². The summed E-state index contributed by atoms with van der Waals surface area (Å²) in [5.74, 6) is 2.56. The predicted molar refractivity (Wildman–Crippen MR) is 172 cm³/mol. The molecule has 228 valence electrons. The van der Waals surface area contributed by atoms with Crippen LogP contribution in [-0.4, -0.2) is 60.4 Å². The van der Waals surface area contributed by atoms with Gasteiger partial charge < -0.3 is 29.8 Å². The second kappa shape index (κ2) is 9.85. The topological polar surface area (TPSA) is 108 Å². The van der Waals surface area contributed by atoms with Crippen LogP contribution in [0.4, 0.5) is 11.4 Å². The Bertz CT molecular complexity index is 1960. The van der Waals surface area contributed by atoms with E-state index in [0.717, 1.165) is 82.1 Å². The van der Waals surface area contributed by atoms with E-state index in [9.17, 15) is 4.79 Å². The van der Waals surface area contributed by atoms with Crippen molar-refractivity contribution in [2.75, 3.05) is 19.0 Å². The van der Waals surface area contributed by atoms with Crippen LogP contribution in [0, 0.1) is 25.7 Å². The SMILES string of the molecule is COc1cc(C(=O)N2CC3CCC2[C@@H]3N)cc2nc(-c3cc4cccc(Nc5c(C)nn(C)c5C)c4n3CC3CC3)n(C)c12. The first kappa shape index (κ1) is 27.3. The van der Waals surface area contributed by atoms with E-state index in [2.05, 4.69) is 50.7 Å². The molecule has 3 fully saturated rings. The van der Waals surface area contributed by atoms with Gasteiger partial charge in [0, 0.05) is 50.2 Å². The molecule has 3 aromatic heterocycles. The highest BCUT2D eigenvalue weighted by molar-refractivity contribution is 6.01. The number of anilines is 2. The van der Waals surface area contributed by atoms with Crippen molar-refractivity contribution in [3.8, 4) is 17.3 Å². The van der Waals surface area contributed by atoms with Crippen molar-refractivity contribution >= 4 is 39.2 Å².